The summed E-state index contributed by atoms with van der Waals surface area (Å²) in [6.07, 6.45) is 3.94. The fourth-order valence-electron chi connectivity index (χ4n) is 2.44. The fourth-order valence-corrected chi connectivity index (χ4v) is 3.02. The summed E-state index contributed by atoms with van der Waals surface area (Å²) >= 11 is 3.39. The molecule has 2 rings (SSSR count). The second kappa shape index (κ2) is 7.65. The minimum absolute atomic E-state index is 0.0954. The molecule has 0 aliphatic heterocycles. The number of halogens is 1. The van der Waals surface area contributed by atoms with E-state index in [1.807, 2.05) is 31.1 Å². The lowest BCUT2D eigenvalue weighted by molar-refractivity contribution is -0.124. The Kier molecular flexibility index (Phi) is 5.85. The van der Waals surface area contributed by atoms with Crippen molar-refractivity contribution in [2.24, 2.45) is 0 Å². The average Bonchev–Trinajstić information content (AvgIpc) is 2.45. The van der Waals surface area contributed by atoms with Crippen molar-refractivity contribution in [2.45, 2.75) is 18.8 Å². The van der Waals surface area contributed by atoms with Crippen LogP contribution in [0.5, 0.6) is 0 Å². The first kappa shape index (κ1) is 16.8. The van der Waals surface area contributed by atoms with Gasteiger partial charge in [-0.2, -0.15) is 0 Å². The predicted molar refractivity (Wildman–Crippen MR) is 88.6 cm³/mol. The maximum absolute atomic E-state index is 12.3. The van der Waals surface area contributed by atoms with Crippen molar-refractivity contribution in [1.29, 1.82) is 0 Å². The van der Waals surface area contributed by atoms with E-state index in [1.54, 1.807) is 12.4 Å². The molecule has 0 saturated heterocycles. The monoisotopic (exact) mass is 365 g/mol. The van der Waals surface area contributed by atoms with E-state index in [9.17, 15) is 9.59 Å². The Labute approximate surface area is 138 Å². The topological polar surface area (TPSA) is 62.3 Å². The van der Waals surface area contributed by atoms with Gasteiger partial charge in [0.15, 0.2) is 11.6 Å². The molecule has 118 valence electrons. The van der Waals surface area contributed by atoms with E-state index in [4.69, 9.17) is 0 Å². The summed E-state index contributed by atoms with van der Waals surface area (Å²) < 4.78 is 0.706. The molecule has 0 radical (unpaired) electrons. The van der Waals surface area contributed by atoms with Crippen molar-refractivity contribution in [3.63, 3.8) is 0 Å². The number of carbonyl (C=O) groups excluding carboxylic acids is 2. The summed E-state index contributed by atoms with van der Waals surface area (Å²) in [5, 5.41) is 3.05. The van der Waals surface area contributed by atoms with Gasteiger partial charge in [0.05, 0.1) is 5.57 Å². The lowest BCUT2D eigenvalue weighted by Crippen LogP contribution is -2.28. The molecule has 1 aliphatic rings. The number of likely N-dealkylation sites (N-methyl/N-ethyl adjacent to an activating group) is 1. The zero-order chi connectivity index (χ0) is 16.1. The first-order valence-corrected chi connectivity index (χ1v) is 8.03. The van der Waals surface area contributed by atoms with Crippen molar-refractivity contribution in [2.75, 3.05) is 27.2 Å². The number of nitrogens with one attached hydrogen (secondary N) is 1. The number of allylic oxidation sites excluding steroid dienone is 1. The van der Waals surface area contributed by atoms with Crippen LogP contribution in [0.25, 0.3) is 0 Å². The van der Waals surface area contributed by atoms with Crippen LogP contribution in [0.3, 0.4) is 0 Å². The number of nitrogens with zero attached hydrogens (tertiary/aromatic N) is 2. The van der Waals surface area contributed by atoms with Gasteiger partial charge in [-0.05, 0) is 41.7 Å². The Morgan fingerprint density at radius 3 is 2.64 bits per heavy atom. The molecule has 1 heterocycles. The quantitative estimate of drug-likeness (QED) is 0.373. The highest BCUT2D eigenvalue weighted by Gasteiger charge is 2.32. The molecule has 22 heavy (non-hydrogen) atoms. The Balaban J connectivity index is 2.03. The van der Waals surface area contributed by atoms with Crippen LogP contribution in [0, 0.1) is 0 Å². The van der Waals surface area contributed by atoms with Crippen molar-refractivity contribution in [3.05, 3.63) is 40.3 Å². The summed E-state index contributed by atoms with van der Waals surface area (Å²) in [4.78, 5) is 30.7. The van der Waals surface area contributed by atoms with Gasteiger partial charge < -0.3 is 10.2 Å². The highest BCUT2D eigenvalue weighted by atomic mass is 79.9. The van der Waals surface area contributed by atoms with E-state index in [0.717, 1.165) is 12.1 Å². The lowest BCUT2D eigenvalue weighted by atomic mass is 9.81. The molecule has 1 aromatic heterocycles. The van der Waals surface area contributed by atoms with Gasteiger partial charge in [0.25, 0.3) is 0 Å². The third kappa shape index (κ3) is 4.24. The predicted octanol–water partition coefficient (Wildman–Crippen LogP) is 1.89. The first-order chi connectivity index (χ1) is 10.5. The maximum atomic E-state index is 12.3. The molecular weight excluding hydrogens is 346 g/mol. The Morgan fingerprint density at radius 1 is 1.36 bits per heavy atom. The van der Waals surface area contributed by atoms with Crippen LogP contribution >= 0.6 is 15.9 Å². The van der Waals surface area contributed by atoms with Gasteiger partial charge >= 0.3 is 0 Å². The molecule has 0 unspecified atom stereocenters. The van der Waals surface area contributed by atoms with Gasteiger partial charge in [-0.3, -0.25) is 9.59 Å². The van der Waals surface area contributed by atoms with E-state index < -0.39 is 0 Å². The van der Waals surface area contributed by atoms with Crippen molar-refractivity contribution >= 4 is 27.5 Å². The van der Waals surface area contributed by atoms with Crippen LogP contribution in [-0.2, 0) is 9.59 Å². The molecule has 0 bridgehead atoms. The molecule has 5 nitrogen and oxygen atoms in total. The van der Waals surface area contributed by atoms with E-state index >= 15 is 0 Å². The maximum Gasteiger partial charge on any atom is 0.168 e. The largest absolute Gasteiger partial charge is 0.389 e. The highest BCUT2D eigenvalue weighted by Crippen LogP contribution is 2.34. The van der Waals surface area contributed by atoms with E-state index in [2.05, 4.69) is 26.2 Å². The molecular formula is C16H20BrN3O2. The van der Waals surface area contributed by atoms with Crippen molar-refractivity contribution < 1.29 is 9.59 Å². The number of Topliss-reactive ketones (excluding diaryl/α,β-unsaturated/α-hetero) is 2. The third-order valence-electron chi connectivity index (χ3n) is 3.64. The minimum Gasteiger partial charge on any atom is -0.389 e. The Hall–Kier alpha value is -1.53. The third-order valence-corrected chi connectivity index (χ3v) is 4.30. The molecule has 0 spiro atoms. The van der Waals surface area contributed by atoms with Crippen LogP contribution in [0.15, 0.2) is 34.7 Å². The van der Waals surface area contributed by atoms with Crippen LogP contribution in [0.1, 0.15) is 24.3 Å². The molecule has 1 saturated carbocycles. The van der Waals surface area contributed by atoms with E-state index in [0.29, 0.717) is 24.0 Å². The number of rotatable bonds is 5. The molecule has 0 atom stereocenters. The number of ketones is 2. The summed E-state index contributed by atoms with van der Waals surface area (Å²) in [6.45, 7) is 1.55. The molecule has 0 amide bonds. The zero-order valence-electron chi connectivity index (χ0n) is 12.8. The molecule has 0 aromatic carbocycles. The minimum atomic E-state index is -0.102. The van der Waals surface area contributed by atoms with Crippen LogP contribution in [0.2, 0.25) is 0 Å². The number of hydrogen-bond acceptors (Lipinski definition) is 5. The number of pyridine rings is 1. The van der Waals surface area contributed by atoms with Crippen LogP contribution in [-0.4, -0.2) is 48.6 Å². The van der Waals surface area contributed by atoms with E-state index in [-0.39, 0.29) is 23.1 Å². The van der Waals surface area contributed by atoms with Gasteiger partial charge in [-0.25, -0.2) is 4.98 Å². The second-order valence-corrected chi connectivity index (χ2v) is 6.40. The number of carbonyl (C=O) groups is 2. The number of aromatic nitrogens is 1. The second-order valence-electron chi connectivity index (χ2n) is 5.65. The molecule has 1 N–H and O–H groups in total. The number of hydrogen-bond donors (Lipinski definition) is 1. The zero-order valence-corrected chi connectivity index (χ0v) is 14.4. The first-order valence-electron chi connectivity index (χ1n) is 7.24. The molecule has 1 aromatic rings. The lowest BCUT2D eigenvalue weighted by Gasteiger charge is -2.23. The Morgan fingerprint density at radius 2 is 2.05 bits per heavy atom. The van der Waals surface area contributed by atoms with Gasteiger partial charge in [-0.15, -0.1) is 0 Å². The average molecular weight is 366 g/mol. The van der Waals surface area contributed by atoms with E-state index in [1.165, 1.54) is 0 Å². The van der Waals surface area contributed by atoms with Crippen molar-refractivity contribution in [1.82, 2.24) is 15.2 Å². The summed E-state index contributed by atoms with van der Waals surface area (Å²) in [6, 6.07) is 3.73. The molecule has 6 heteroatoms. The Bertz CT molecular complexity index is 579. The normalized spacial score (nSPS) is 18.7. The summed E-state index contributed by atoms with van der Waals surface area (Å²) in [5.41, 5.74) is 1.21. The SMILES string of the molecule is CN(C)CCNC=C1C(=O)CC(c2cccnc2Br)CC1=O. The standard InChI is InChI=1S/C16H20BrN3O2/c1-20(2)7-6-18-10-13-14(21)8-11(9-15(13)22)12-4-3-5-19-16(12)17/h3-5,10-11,18H,6-9H2,1-2H3. The fraction of sp³-hybridized carbons (Fsp3) is 0.438. The molecule has 1 fully saturated rings. The van der Waals surface area contributed by atoms with Crippen LogP contribution in [0.4, 0.5) is 0 Å². The highest BCUT2D eigenvalue weighted by molar-refractivity contribution is 9.10. The van der Waals surface area contributed by atoms with Crippen molar-refractivity contribution in [3.8, 4) is 0 Å². The van der Waals surface area contributed by atoms with Gasteiger partial charge in [0.2, 0.25) is 0 Å². The summed E-state index contributed by atoms with van der Waals surface area (Å²) in [5.74, 6) is -0.300. The van der Waals surface area contributed by atoms with Gasteiger partial charge in [0, 0.05) is 44.2 Å². The van der Waals surface area contributed by atoms with Crippen LogP contribution < -0.4 is 5.32 Å². The van der Waals surface area contributed by atoms with Gasteiger partial charge in [-0.1, -0.05) is 6.07 Å². The smallest absolute Gasteiger partial charge is 0.168 e. The van der Waals surface area contributed by atoms with Gasteiger partial charge in [0.1, 0.15) is 4.60 Å². The summed E-state index contributed by atoms with van der Waals surface area (Å²) in [7, 11) is 3.95. The molecule has 1 aliphatic carbocycles.